The van der Waals surface area contributed by atoms with Crippen LogP contribution in [-0.2, 0) is 14.3 Å². The van der Waals surface area contributed by atoms with Crippen molar-refractivity contribution in [3.8, 4) is 0 Å². The number of unbranched alkanes of at least 4 members (excludes halogenated alkanes) is 2. The quantitative estimate of drug-likeness (QED) is 0.519. The van der Waals surface area contributed by atoms with Crippen LogP contribution in [0.1, 0.15) is 39.5 Å². The molecule has 0 aliphatic carbocycles. The topological polar surface area (TPSA) is 55.4 Å². The van der Waals surface area contributed by atoms with E-state index in [1.165, 1.54) is 7.11 Å². The van der Waals surface area contributed by atoms with Gasteiger partial charge in [-0.1, -0.05) is 19.8 Å². The van der Waals surface area contributed by atoms with Crippen molar-refractivity contribution in [2.45, 2.75) is 45.6 Å². The Bertz CT molecular complexity index is 192. The molecule has 14 heavy (non-hydrogen) atoms. The molecule has 1 amide bonds. The molecule has 0 spiro atoms. The number of hydrogen-bond donors (Lipinski definition) is 1. The van der Waals surface area contributed by atoms with E-state index in [-0.39, 0.29) is 5.91 Å². The molecule has 1 unspecified atom stereocenters. The highest BCUT2D eigenvalue weighted by Crippen LogP contribution is 1.99. The van der Waals surface area contributed by atoms with E-state index >= 15 is 0 Å². The number of nitrogens with one attached hydrogen (secondary N) is 1. The van der Waals surface area contributed by atoms with Crippen molar-refractivity contribution in [2.75, 3.05) is 7.11 Å². The monoisotopic (exact) mass is 201 g/mol. The van der Waals surface area contributed by atoms with Crippen LogP contribution in [0.3, 0.4) is 0 Å². The second-order valence-electron chi connectivity index (χ2n) is 3.27. The molecule has 0 aliphatic rings. The van der Waals surface area contributed by atoms with Crippen LogP contribution >= 0.6 is 0 Å². The fraction of sp³-hybridized carbons (Fsp3) is 0.800. The van der Waals surface area contributed by atoms with Gasteiger partial charge in [0.25, 0.3) is 0 Å². The van der Waals surface area contributed by atoms with Gasteiger partial charge in [-0.05, 0) is 13.3 Å². The fourth-order valence-corrected chi connectivity index (χ4v) is 1.08. The molecule has 0 bridgehead atoms. The van der Waals surface area contributed by atoms with Gasteiger partial charge in [-0.15, -0.1) is 0 Å². The number of rotatable bonds is 6. The summed E-state index contributed by atoms with van der Waals surface area (Å²) >= 11 is 0. The van der Waals surface area contributed by atoms with Gasteiger partial charge in [0.2, 0.25) is 5.91 Å². The molecule has 0 aromatic rings. The smallest absolute Gasteiger partial charge is 0.328 e. The third-order valence-corrected chi connectivity index (χ3v) is 1.94. The molecule has 0 aromatic carbocycles. The molecule has 0 fully saturated rings. The molecule has 82 valence electrons. The molecule has 1 N–H and O–H groups in total. The molecule has 0 rings (SSSR count). The van der Waals surface area contributed by atoms with E-state index in [1.54, 1.807) is 6.92 Å². The Labute approximate surface area is 85.0 Å². The fourth-order valence-electron chi connectivity index (χ4n) is 1.08. The molecule has 0 aliphatic heterocycles. The lowest BCUT2D eigenvalue weighted by Gasteiger charge is -2.10. The Morgan fingerprint density at radius 1 is 1.36 bits per heavy atom. The summed E-state index contributed by atoms with van der Waals surface area (Å²) in [4.78, 5) is 22.2. The summed E-state index contributed by atoms with van der Waals surface area (Å²) in [5, 5.41) is 2.58. The van der Waals surface area contributed by atoms with Gasteiger partial charge in [-0.25, -0.2) is 4.79 Å². The number of carbonyl (C=O) groups excluding carboxylic acids is 2. The summed E-state index contributed by atoms with van der Waals surface area (Å²) in [6.45, 7) is 3.69. The van der Waals surface area contributed by atoms with Gasteiger partial charge < -0.3 is 10.1 Å². The summed E-state index contributed by atoms with van der Waals surface area (Å²) in [5.74, 6) is -0.495. The third-order valence-electron chi connectivity index (χ3n) is 1.94. The predicted molar refractivity (Wildman–Crippen MR) is 53.8 cm³/mol. The maximum absolute atomic E-state index is 11.2. The zero-order valence-corrected chi connectivity index (χ0v) is 9.13. The first-order chi connectivity index (χ1) is 6.61. The Balaban J connectivity index is 3.65. The average molecular weight is 201 g/mol. The Morgan fingerprint density at radius 2 is 2.00 bits per heavy atom. The van der Waals surface area contributed by atoms with Crippen molar-refractivity contribution in [1.29, 1.82) is 0 Å². The van der Waals surface area contributed by atoms with Gasteiger partial charge >= 0.3 is 5.97 Å². The first-order valence-corrected chi connectivity index (χ1v) is 4.99. The first-order valence-electron chi connectivity index (χ1n) is 4.99. The van der Waals surface area contributed by atoms with Crippen molar-refractivity contribution >= 4 is 11.9 Å². The normalized spacial score (nSPS) is 11.9. The van der Waals surface area contributed by atoms with Crippen LogP contribution in [0.4, 0.5) is 0 Å². The van der Waals surface area contributed by atoms with Crippen LogP contribution in [0.25, 0.3) is 0 Å². The van der Waals surface area contributed by atoms with Crippen LogP contribution in [-0.4, -0.2) is 25.0 Å². The summed E-state index contributed by atoms with van der Waals surface area (Å²) in [7, 11) is 1.31. The van der Waals surface area contributed by atoms with Crippen molar-refractivity contribution in [1.82, 2.24) is 5.32 Å². The summed E-state index contributed by atoms with van der Waals surface area (Å²) < 4.78 is 4.48. The zero-order chi connectivity index (χ0) is 11.0. The molecule has 1 atom stereocenters. The predicted octanol–water partition coefficient (Wildman–Crippen LogP) is 1.24. The molecule has 4 heteroatoms. The standard InChI is InChI=1S/C10H19NO3/c1-4-5-6-7-9(12)11-8(2)10(13)14-3/h8H,4-7H2,1-3H3,(H,11,12). The summed E-state index contributed by atoms with van der Waals surface area (Å²) in [5.41, 5.74) is 0. The number of carbonyl (C=O) groups is 2. The number of esters is 1. The Hall–Kier alpha value is -1.06. The molecular formula is C10H19NO3. The lowest BCUT2D eigenvalue weighted by Crippen LogP contribution is -2.38. The lowest BCUT2D eigenvalue weighted by molar-refractivity contribution is -0.144. The van der Waals surface area contributed by atoms with Gasteiger partial charge in [-0.3, -0.25) is 4.79 Å². The minimum atomic E-state index is -0.547. The number of amides is 1. The molecular weight excluding hydrogens is 182 g/mol. The second-order valence-corrected chi connectivity index (χ2v) is 3.27. The van der Waals surface area contributed by atoms with Gasteiger partial charge in [0.1, 0.15) is 6.04 Å². The molecule has 0 saturated heterocycles. The molecule has 0 saturated carbocycles. The second kappa shape index (κ2) is 7.35. The van der Waals surface area contributed by atoms with Gasteiger partial charge in [0.05, 0.1) is 7.11 Å². The SMILES string of the molecule is CCCCCC(=O)NC(C)C(=O)OC. The number of hydrogen-bond acceptors (Lipinski definition) is 3. The van der Waals surface area contributed by atoms with E-state index in [9.17, 15) is 9.59 Å². The summed E-state index contributed by atoms with van der Waals surface area (Å²) in [6, 6.07) is -0.547. The van der Waals surface area contributed by atoms with Gasteiger partial charge in [0, 0.05) is 6.42 Å². The van der Waals surface area contributed by atoms with E-state index in [1.807, 2.05) is 0 Å². The van der Waals surface area contributed by atoms with Crippen molar-refractivity contribution in [3.05, 3.63) is 0 Å². The summed E-state index contributed by atoms with van der Waals surface area (Å²) in [6.07, 6.45) is 3.48. The maximum atomic E-state index is 11.2. The molecule has 0 heterocycles. The van der Waals surface area contributed by atoms with Crippen LogP contribution in [0.5, 0.6) is 0 Å². The Kier molecular flexibility index (Phi) is 6.80. The molecule has 0 aromatic heterocycles. The highest BCUT2D eigenvalue weighted by Gasteiger charge is 2.14. The minimum Gasteiger partial charge on any atom is -0.467 e. The minimum absolute atomic E-state index is 0.0867. The van der Waals surface area contributed by atoms with Crippen molar-refractivity contribution < 1.29 is 14.3 Å². The molecule has 0 radical (unpaired) electrons. The van der Waals surface area contributed by atoms with E-state index in [2.05, 4.69) is 17.0 Å². The third kappa shape index (κ3) is 5.56. The van der Waals surface area contributed by atoms with E-state index in [4.69, 9.17) is 0 Å². The van der Waals surface area contributed by atoms with E-state index in [0.29, 0.717) is 6.42 Å². The van der Waals surface area contributed by atoms with E-state index in [0.717, 1.165) is 19.3 Å². The van der Waals surface area contributed by atoms with Crippen molar-refractivity contribution in [3.63, 3.8) is 0 Å². The molecule has 4 nitrogen and oxygen atoms in total. The van der Waals surface area contributed by atoms with Crippen molar-refractivity contribution in [2.24, 2.45) is 0 Å². The van der Waals surface area contributed by atoms with Crippen LogP contribution in [0.15, 0.2) is 0 Å². The van der Waals surface area contributed by atoms with Crippen LogP contribution in [0.2, 0.25) is 0 Å². The first kappa shape index (κ1) is 12.9. The lowest BCUT2D eigenvalue weighted by atomic mass is 10.2. The average Bonchev–Trinajstić information content (AvgIpc) is 2.16. The number of methoxy groups -OCH3 is 1. The van der Waals surface area contributed by atoms with E-state index < -0.39 is 12.0 Å². The Morgan fingerprint density at radius 3 is 2.50 bits per heavy atom. The largest absolute Gasteiger partial charge is 0.467 e. The van der Waals surface area contributed by atoms with Crippen LogP contribution in [0, 0.1) is 0 Å². The highest BCUT2D eigenvalue weighted by atomic mass is 16.5. The van der Waals surface area contributed by atoms with Crippen LogP contribution < -0.4 is 5.32 Å². The van der Waals surface area contributed by atoms with Gasteiger partial charge in [0.15, 0.2) is 0 Å². The zero-order valence-electron chi connectivity index (χ0n) is 9.13. The number of ether oxygens (including phenoxy) is 1. The highest BCUT2D eigenvalue weighted by molar-refractivity contribution is 5.83. The maximum Gasteiger partial charge on any atom is 0.328 e. The van der Waals surface area contributed by atoms with Gasteiger partial charge in [-0.2, -0.15) is 0 Å².